The lowest BCUT2D eigenvalue weighted by atomic mass is 10.2. The van der Waals surface area contributed by atoms with Crippen LogP contribution >= 0.6 is 34.0 Å². The van der Waals surface area contributed by atoms with E-state index in [0.29, 0.717) is 0 Å². The summed E-state index contributed by atoms with van der Waals surface area (Å²) in [6.45, 7) is 0.845. The molecule has 1 unspecified atom stereocenters. The van der Waals surface area contributed by atoms with Crippen LogP contribution in [0.4, 0.5) is 0 Å². The van der Waals surface area contributed by atoms with Crippen LogP contribution in [0, 0.1) is 0 Å². The van der Waals surface area contributed by atoms with Gasteiger partial charge in [-0.25, -0.2) is 4.98 Å². The van der Waals surface area contributed by atoms with E-state index in [9.17, 15) is 4.79 Å². The summed E-state index contributed by atoms with van der Waals surface area (Å²) in [4.78, 5) is 23.7. The van der Waals surface area contributed by atoms with Crippen molar-refractivity contribution in [3.63, 3.8) is 0 Å². The third-order valence-corrected chi connectivity index (χ3v) is 7.07. The molecule has 7 heteroatoms. The molecule has 1 atom stereocenters. The highest BCUT2D eigenvalue weighted by Gasteiger charge is 2.32. The fourth-order valence-corrected chi connectivity index (χ4v) is 5.91. The minimum absolute atomic E-state index is 0.146. The highest BCUT2D eigenvalue weighted by atomic mass is 32.1. The number of carbonyl (C=O) groups excluding carboxylic acids is 1. The average molecular weight is 360 g/mol. The number of rotatable bonds is 2. The number of fused-ring (bicyclic) bond motifs is 3. The molecule has 0 N–H and O–H groups in total. The van der Waals surface area contributed by atoms with Crippen molar-refractivity contribution >= 4 is 55.2 Å². The molecule has 0 aliphatic carbocycles. The molecule has 0 spiro atoms. The fourth-order valence-electron chi connectivity index (χ4n) is 3.28. The molecule has 116 valence electrons. The summed E-state index contributed by atoms with van der Waals surface area (Å²) in [6, 6.07) is 6.44. The smallest absolute Gasteiger partial charge is 0.264 e. The van der Waals surface area contributed by atoms with E-state index >= 15 is 0 Å². The summed E-state index contributed by atoms with van der Waals surface area (Å²) in [5, 5.41) is 4.11. The molecule has 0 bridgehead atoms. The van der Waals surface area contributed by atoms with Gasteiger partial charge in [0.05, 0.1) is 16.4 Å². The first-order valence-corrected chi connectivity index (χ1v) is 10.1. The summed E-state index contributed by atoms with van der Waals surface area (Å²) in [6.07, 6.45) is 4.15. The van der Waals surface area contributed by atoms with Crippen LogP contribution in [0.3, 0.4) is 0 Å². The molecule has 1 aliphatic rings. The lowest BCUT2D eigenvalue weighted by Crippen LogP contribution is -2.29. The maximum Gasteiger partial charge on any atom is 0.264 e. The Morgan fingerprint density at radius 1 is 1.30 bits per heavy atom. The zero-order valence-electron chi connectivity index (χ0n) is 12.1. The summed E-state index contributed by atoms with van der Waals surface area (Å²) >= 11 is 4.87. The summed E-state index contributed by atoms with van der Waals surface area (Å²) in [5.41, 5.74) is 1.04. The van der Waals surface area contributed by atoms with Gasteiger partial charge in [0, 0.05) is 23.0 Å². The van der Waals surface area contributed by atoms with Crippen LogP contribution in [0.2, 0.25) is 0 Å². The molecule has 0 radical (unpaired) electrons. The van der Waals surface area contributed by atoms with Crippen molar-refractivity contribution in [2.24, 2.45) is 0 Å². The van der Waals surface area contributed by atoms with E-state index in [4.69, 9.17) is 0 Å². The highest BCUT2D eigenvalue weighted by Crippen LogP contribution is 2.37. The van der Waals surface area contributed by atoms with Crippen molar-refractivity contribution in [3.8, 4) is 0 Å². The number of hydrogen-bond donors (Lipinski definition) is 0. The molecule has 4 nitrogen and oxygen atoms in total. The zero-order chi connectivity index (χ0) is 15.4. The van der Waals surface area contributed by atoms with Crippen LogP contribution in [0.25, 0.3) is 15.3 Å². The fraction of sp³-hybridized carbons (Fsp3) is 0.250. The van der Waals surface area contributed by atoms with Crippen LogP contribution in [0.15, 0.2) is 35.2 Å². The van der Waals surface area contributed by atoms with Gasteiger partial charge in [0.2, 0.25) is 0 Å². The van der Waals surface area contributed by atoms with Crippen LogP contribution in [0.5, 0.6) is 0 Å². The molecule has 4 aromatic rings. The Labute approximate surface area is 144 Å². The van der Waals surface area contributed by atoms with E-state index in [1.54, 1.807) is 22.7 Å². The summed E-state index contributed by atoms with van der Waals surface area (Å²) < 4.78 is 2.06. The number of aromatic nitrogens is 2. The van der Waals surface area contributed by atoms with Gasteiger partial charge in [-0.2, -0.15) is 0 Å². The topological polar surface area (TPSA) is 37.6 Å². The molecule has 23 heavy (non-hydrogen) atoms. The molecule has 5 heterocycles. The van der Waals surface area contributed by atoms with E-state index in [2.05, 4.69) is 26.9 Å². The Kier molecular flexibility index (Phi) is 3.07. The second kappa shape index (κ2) is 5.15. The van der Waals surface area contributed by atoms with Gasteiger partial charge in [-0.05, 0) is 30.4 Å². The van der Waals surface area contributed by atoms with Crippen molar-refractivity contribution in [2.45, 2.75) is 18.9 Å². The first-order chi connectivity index (χ1) is 11.3. The molecule has 1 amide bonds. The number of imidazole rings is 1. The van der Waals surface area contributed by atoms with E-state index in [0.717, 1.165) is 39.6 Å². The lowest BCUT2D eigenvalue weighted by Gasteiger charge is -2.23. The van der Waals surface area contributed by atoms with Crippen molar-refractivity contribution in [1.29, 1.82) is 0 Å². The Bertz CT molecular complexity index is 995. The van der Waals surface area contributed by atoms with Crippen LogP contribution in [-0.2, 0) is 0 Å². The monoisotopic (exact) mass is 359 g/mol. The number of likely N-dealkylation sites (tertiary alicyclic amines) is 1. The van der Waals surface area contributed by atoms with Crippen LogP contribution < -0.4 is 0 Å². The predicted molar refractivity (Wildman–Crippen MR) is 95.8 cm³/mol. The molecule has 0 aromatic carbocycles. The SMILES string of the molecule is O=C(c1cc2c(nc3sccn32)s1)N1CCCC1c1cccs1. The molecule has 1 fully saturated rings. The van der Waals surface area contributed by atoms with Crippen LogP contribution in [0.1, 0.15) is 33.4 Å². The maximum atomic E-state index is 13.0. The zero-order valence-corrected chi connectivity index (χ0v) is 14.6. The summed E-state index contributed by atoms with van der Waals surface area (Å²) in [7, 11) is 0. The van der Waals surface area contributed by atoms with Crippen molar-refractivity contribution < 1.29 is 4.79 Å². The first kappa shape index (κ1) is 13.7. The van der Waals surface area contributed by atoms with Gasteiger partial charge >= 0.3 is 0 Å². The second-order valence-corrected chi connectivity index (χ2v) is 8.52. The molecular formula is C16H13N3OS3. The third kappa shape index (κ3) is 2.07. The minimum Gasteiger partial charge on any atom is -0.330 e. The number of carbonyl (C=O) groups is 1. The van der Waals surface area contributed by atoms with Crippen LogP contribution in [-0.4, -0.2) is 26.7 Å². The molecule has 1 aliphatic heterocycles. The van der Waals surface area contributed by atoms with Gasteiger partial charge in [0.1, 0.15) is 4.83 Å². The number of thiazole rings is 1. The van der Waals surface area contributed by atoms with Gasteiger partial charge in [0.15, 0.2) is 4.96 Å². The maximum absolute atomic E-state index is 13.0. The number of amides is 1. The van der Waals surface area contributed by atoms with E-state index in [1.807, 2.05) is 22.5 Å². The molecule has 4 aromatic heterocycles. The number of nitrogens with zero attached hydrogens (tertiary/aromatic N) is 3. The molecule has 1 saturated heterocycles. The Hall–Kier alpha value is -1.70. The van der Waals surface area contributed by atoms with Crippen molar-refractivity contribution in [2.75, 3.05) is 6.54 Å². The largest absolute Gasteiger partial charge is 0.330 e. The third-order valence-electron chi connectivity index (χ3n) is 4.34. The second-order valence-electron chi connectivity index (χ2n) is 5.64. The molecule has 5 rings (SSSR count). The minimum atomic E-state index is 0.146. The first-order valence-electron chi connectivity index (χ1n) is 7.51. The van der Waals surface area contributed by atoms with E-state index in [-0.39, 0.29) is 11.9 Å². The molecular weight excluding hydrogens is 346 g/mol. The Morgan fingerprint density at radius 2 is 2.26 bits per heavy atom. The summed E-state index contributed by atoms with van der Waals surface area (Å²) in [5.74, 6) is 0.146. The number of hydrogen-bond acceptors (Lipinski definition) is 5. The van der Waals surface area contributed by atoms with Crippen molar-refractivity contribution in [3.05, 3.63) is 44.9 Å². The van der Waals surface area contributed by atoms with Gasteiger partial charge in [0.25, 0.3) is 5.91 Å². The average Bonchev–Trinajstić information content (AvgIpc) is 3.29. The lowest BCUT2D eigenvalue weighted by molar-refractivity contribution is 0.0743. The van der Waals surface area contributed by atoms with Gasteiger partial charge < -0.3 is 4.90 Å². The highest BCUT2D eigenvalue weighted by molar-refractivity contribution is 7.21. The molecule has 0 saturated carbocycles. The van der Waals surface area contributed by atoms with Crippen molar-refractivity contribution in [1.82, 2.24) is 14.3 Å². The normalized spacial score (nSPS) is 18.4. The van der Waals surface area contributed by atoms with Gasteiger partial charge in [-0.3, -0.25) is 9.20 Å². The standard InChI is InChI=1S/C16H13N3OS3/c20-15(18-5-1-3-10(18)12-4-2-7-21-12)13-9-11-14(23-13)17-16-19(11)6-8-22-16/h2,4,6-10H,1,3,5H2. The Balaban J connectivity index is 1.52. The van der Waals surface area contributed by atoms with Gasteiger partial charge in [-0.15, -0.1) is 34.0 Å². The van der Waals surface area contributed by atoms with E-state index in [1.165, 1.54) is 16.2 Å². The number of thiophene rings is 2. The van der Waals surface area contributed by atoms with E-state index < -0.39 is 0 Å². The van der Waals surface area contributed by atoms with Gasteiger partial charge in [-0.1, -0.05) is 6.07 Å². The predicted octanol–water partition coefficient (Wildman–Crippen LogP) is 4.65. The Morgan fingerprint density at radius 3 is 3.13 bits per heavy atom. The quantitative estimate of drug-likeness (QED) is 0.522.